The molecule has 0 amide bonds. The van der Waals surface area contributed by atoms with Gasteiger partial charge in [0.15, 0.2) is 0 Å². The third-order valence-corrected chi connectivity index (χ3v) is 4.76. The zero-order chi connectivity index (χ0) is 16.1. The first-order valence-corrected chi connectivity index (χ1v) is 8.75. The third-order valence-electron chi connectivity index (χ3n) is 4.76. The molecule has 2 aromatic carbocycles. The smallest absolute Gasteiger partial charge is 0.0720 e. The van der Waals surface area contributed by atoms with E-state index in [9.17, 15) is 0 Å². The Hall–Kier alpha value is -1.64. The van der Waals surface area contributed by atoms with E-state index in [1.165, 1.54) is 28.7 Å². The summed E-state index contributed by atoms with van der Waals surface area (Å²) in [5.74, 6) is 0. The van der Waals surface area contributed by atoms with Gasteiger partial charge in [-0.15, -0.1) is 0 Å². The Balaban J connectivity index is 1.56. The van der Waals surface area contributed by atoms with Crippen LogP contribution >= 0.6 is 0 Å². The zero-order valence-electron chi connectivity index (χ0n) is 14.2. The molecule has 0 spiro atoms. The van der Waals surface area contributed by atoms with Gasteiger partial charge in [-0.05, 0) is 49.4 Å². The van der Waals surface area contributed by atoms with Crippen molar-refractivity contribution < 1.29 is 4.74 Å². The molecule has 1 heterocycles. The summed E-state index contributed by atoms with van der Waals surface area (Å²) in [7, 11) is 0. The summed E-state index contributed by atoms with van der Waals surface area (Å²) in [5, 5.41) is 3.55. The summed E-state index contributed by atoms with van der Waals surface area (Å²) in [6.45, 7) is 6.16. The summed E-state index contributed by atoms with van der Waals surface area (Å²) >= 11 is 0. The summed E-state index contributed by atoms with van der Waals surface area (Å²) in [6, 6.07) is 18.1. The average molecular weight is 309 g/mol. The molecule has 1 saturated heterocycles. The maximum absolute atomic E-state index is 6.12. The van der Waals surface area contributed by atoms with Crippen LogP contribution in [0.2, 0.25) is 0 Å². The predicted octanol–water partition coefficient (Wildman–Crippen LogP) is 4.71. The highest BCUT2D eigenvalue weighted by Gasteiger charge is 2.20. The van der Waals surface area contributed by atoms with Crippen molar-refractivity contribution in [2.24, 2.45) is 0 Å². The second-order valence-corrected chi connectivity index (χ2v) is 6.58. The van der Waals surface area contributed by atoms with E-state index in [0.717, 1.165) is 26.0 Å². The van der Waals surface area contributed by atoms with Crippen LogP contribution in [0.15, 0.2) is 48.5 Å². The van der Waals surface area contributed by atoms with Crippen LogP contribution in [-0.4, -0.2) is 18.7 Å². The molecular weight excluding hydrogens is 282 g/mol. The lowest BCUT2D eigenvalue weighted by molar-refractivity contribution is 0.0105. The maximum atomic E-state index is 6.12. The number of ether oxygens (including phenoxy) is 1. The summed E-state index contributed by atoms with van der Waals surface area (Å²) in [6.07, 6.45) is 3.85. The van der Waals surface area contributed by atoms with E-state index < -0.39 is 0 Å². The normalized spacial score (nSPS) is 21.3. The molecule has 2 heteroatoms. The van der Waals surface area contributed by atoms with Crippen LogP contribution in [0.3, 0.4) is 0 Å². The van der Waals surface area contributed by atoms with Gasteiger partial charge in [0.05, 0.1) is 12.7 Å². The highest BCUT2D eigenvalue weighted by atomic mass is 16.5. The van der Waals surface area contributed by atoms with Crippen molar-refractivity contribution >= 4 is 0 Å². The van der Waals surface area contributed by atoms with Gasteiger partial charge in [-0.2, -0.15) is 0 Å². The van der Waals surface area contributed by atoms with E-state index in [2.05, 4.69) is 67.7 Å². The highest BCUT2D eigenvalue weighted by molar-refractivity contribution is 5.63. The van der Waals surface area contributed by atoms with Crippen molar-refractivity contribution in [2.75, 3.05) is 6.54 Å². The molecule has 0 bridgehead atoms. The topological polar surface area (TPSA) is 21.3 Å². The van der Waals surface area contributed by atoms with E-state index >= 15 is 0 Å². The lowest BCUT2D eigenvalue weighted by atomic mass is 10.00. The summed E-state index contributed by atoms with van der Waals surface area (Å²) in [5.41, 5.74) is 5.09. The van der Waals surface area contributed by atoms with Gasteiger partial charge in [-0.3, -0.25) is 0 Å². The van der Waals surface area contributed by atoms with Gasteiger partial charge in [-0.25, -0.2) is 0 Å². The van der Waals surface area contributed by atoms with E-state index in [1.54, 1.807) is 0 Å². The number of aryl methyl sites for hydroxylation is 1. The summed E-state index contributed by atoms with van der Waals surface area (Å²) < 4.78 is 6.12. The molecule has 2 atom stereocenters. The van der Waals surface area contributed by atoms with Gasteiger partial charge in [0, 0.05) is 6.04 Å². The van der Waals surface area contributed by atoms with Gasteiger partial charge in [-0.1, -0.05) is 61.0 Å². The minimum Gasteiger partial charge on any atom is -0.373 e. The van der Waals surface area contributed by atoms with E-state index in [1.807, 2.05) is 0 Å². The monoisotopic (exact) mass is 309 g/mol. The van der Waals surface area contributed by atoms with Crippen LogP contribution in [0.5, 0.6) is 0 Å². The van der Waals surface area contributed by atoms with Crippen LogP contribution in [0, 0.1) is 6.92 Å². The third kappa shape index (κ3) is 4.43. The number of hydrogen-bond acceptors (Lipinski definition) is 2. The van der Waals surface area contributed by atoms with Crippen LogP contribution < -0.4 is 5.32 Å². The first-order valence-electron chi connectivity index (χ1n) is 8.75. The lowest BCUT2D eigenvalue weighted by Crippen LogP contribution is -2.40. The first kappa shape index (κ1) is 16.2. The van der Waals surface area contributed by atoms with Crippen molar-refractivity contribution in [2.45, 2.75) is 51.9 Å². The molecule has 0 saturated carbocycles. The molecule has 1 N–H and O–H groups in total. The minimum absolute atomic E-state index is 0.401. The van der Waals surface area contributed by atoms with Crippen molar-refractivity contribution in [1.29, 1.82) is 0 Å². The second kappa shape index (κ2) is 7.76. The molecule has 2 nitrogen and oxygen atoms in total. The SMILES string of the molecule is CCC1CC(OCc2ccc(-c3ccc(C)cc3)cc2)CCN1. The standard InChI is InChI=1S/C21H27NO/c1-3-20-14-21(12-13-22-20)23-15-17-6-10-19(11-7-17)18-8-4-16(2)5-9-18/h4-11,20-22H,3,12-15H2,1-2H3. The Morgan fingerprint density at radius 2 is 1.65 bits per heavy atom. The molecule has 2 aromatic rings. The number of nitrogens with one attached hydrogen (secondary N) is 1. The fourth-order valence-electron chi connectivity index (χ4n) is 3.18. The van der Waals surface area contributed by atoms with Gasteiger partial charge in [0.1, 0.15) is 0 Å². The number of rotatable bonds is 5. The fraction of sp³-hybridized carbons (Fsp3) is 0.429. The molecule has 0 aromatic heterocycles. The van der Waals surface area contributed by atoms with Gasteiger partial charge in [0.2, 0.25) is 0 Å². The predicted molar refractivity (Wildman–Crippen MR) is 96.5 cm³/mol. The Kier molecular flexibility index (Phi) is 5.47. The highest BCUT2D eigenvalue weighted by Crippen LogP contribution is 2.21. The molecule has 23 heavy (non-hydrogen) atoms. The molecule has 1 aliphatic heterocycles. The fourth-order valence-corrected chi connectivity index (χ4v) is 3.18. The molecular formula is C21H27NO. The van der Waals surface area contributed by atoms with Gasteiger partial charge >= 0.3 is 0 Å². The van der Waals surface area contributed by atoms with Gasteiger partial charge < -0.3 is 10.1 Å². The van der Waals surface area contributed by atoms with Crippen molar-refractivity contribution in [3.63, 3.8) is 0 Å². The number of benzene rings is 2. The van der Waals surface area contributed by atoms with Crippen LogP contribution in [-0.2, 0) is 11.3 Å². The average Bonchev–Trinajstić information content (AvgIpc) is 2.61. The number of piperidine rings is 1. The van der Waals surface area contributed by atoms with Crippen LogP contribution in [0.25, 0.3) is 11.1 Å². The first-order chi connectivity index (χ1) is 11.2. The molecule has 3 rings (SSSR count). The quantitative estimate of drug-likeness (QED) is 0.863. The molecule has 1 aliphatic rings. The Bertz CT molecular complexity index is 603. The molecule has 122 valence electrons. The Labute approximate surface area is 139 Å². The van der Waals surface area contributed by atoms with Gasteiger partial charge in [0.25, 0.3) is 0 Å². The van der Waals surface area contributed by atoms with Crippen molar-refractivity contribution in [3.8, 4) is 11.1 Å². The molecule has 1 fully saturated rings. The lowest BCUT2D eigenvalue weighted by Gasteiger charge is -2.29. The van der Waals surface area contributed by atoms with Crippen molar-refractivity contribution in [1.82, 2.24) is 5.32 Å². The molecule has 0 radical (unpaired) electrons. The van der Waals surface area contributed by atoms with Crippen molar-refractivity contribution in [3.05, 3.63) is 59.7 Å². The Morgan fingerprint density at radius 3 is 2.30 bits per heavy atom. The summed E-state index contributed by atoms with van der Waals surface area (Å²) in [4.78, 5) is 0. The molecule has 0 aliphatic carbocycles. The molecule has 2 unspecified atom stereocenters. The second-order valence-electron chi connectivity index (χ2n) is 6.58. The van der Waals surface area contributed by atoms with Crippen LogP contribution in [0.4, 0.5) is 0 Å². The zero-order valence-corrected chi connectivity index (χ0v) is 14.2. The van der Waals surface area contributed by atoms with Crippen LogP contribution in [0.1, 0.15) is 37.3 Å². The van der Waals surface area contributed by atoms with E-state index in [4.69, 9.17) is 4.74 Å². The maximum Gasteiger partial charge on any atom is 0.0720 e. The largest absolute Gasteiger partial charge is 0.373 e. The number of hydrogen-bond donors (Lipinski definition) is 1. The van der Waals surface area contributed by atoms with E-state index in [0.29, 0.717) is 12.1 Å². The van der Waals surface area contributed by atoms with E-state index in [-0.39, 0.29) is 0 Å². The Morgan fingerprint density at radius 1 is 1.00 bits per heavy atom. The minimum atomic E-state index is 0.401.